The Kier molecular flexibility index (Phi) is 6.82. The number of benzene rings is 2. The van der Waals surface area contributed by atoms with Crippen LogP contribution in [0.5, 0.6) is 5.75 Å². The summed E-state index contributed by atoms with van der Waals surface area (Å²) in [5.41, 5.74) is 3.32. The van der Waals surface area contributed by atoms with Gasteiger partial charge in [0, 0.05) is 37.8 Å². The van der Waals surface area contributed by atoms with Crippen molar-refractivity contribution in [2.24, 2.45) is 0 Å². The van der Waals surface area contributed by atoms with Crippen LogP contribution in [0.25, 0.3) is 11.5 Å². The number of aromatic nitrogens is 1. The molecule has 0 radical (unpaired) electrons. The Morgan fingerprint density at radius 3 is 2.80 bits per heavy atom. The van der Waals surface area contributed by atoms with E-state index in [1.165, 1.54) is 12.0 Å². The lowest BCUT2D eigenvalue weighted by atomic mass is 10.2. The van der Waals surface area contributed by atoms with Crippen molar-refractivity contribution in [1.29, 1.82) is 0 Å². The molecule has 0 spiro atoms. The summed E-state index contributed by atoms with van der Waals surface area (Å²) in [6.45, 7) is 9.95. The molecule has 1 atom stereocenters. The van der Waals surface area contributed by atoms with Crippen LogP contribution in [0.15, 0.2) is 65.3 Å². The van der Waals surface area contributed by atoms with Gasteiger partial charge in [0.25, 0.3) is 0 Å². The van der Waals surface area contributed by atoms with Gasteiger partial charge in [-0.3, -0.25) is 9.80 Å². The van der Waals surface area contributed by atoms with Crippen LogP contribution in [-0.4, -0.2) is 47.1 Å². The summed E-state index contributed by atoms with van der Waals surface area (Å²) in [6, 6.07) is 19.2. The zero-order valence-electron chi connectivity index (χ0n) is 18.0. The molecule has 2 aromatic carbocycles. The molecule has 1 fully saturated rings. The van der Waals surface area contributed by atoms with Gasteiger partial charge in [0.1, 0.15) is 12.0 Å². The summed E-state index contributed by atoms with van der Waals surface area (Å²) in [5.74, 6) is 1.49. The van der Waals surface area contributed by atoms with Crippen LogP contribution >= 0.6 is 0 Å². The Morgan fingerprint density at radius 1 is 1.13 bits per heavy atom. The van der Waals surface area contributed by atoms with Gasteiger partial charge < -0.3 is 9.15 Å². The smallest absolute Gasteiger partial charge is 0.226 e. The van der Waals surface area contributed by atoms with Gasteiger partial charge >= 0.3 is 0 Å². The third-order valence-electron chi connectivity index (χ3n) is 5.73. The fraction of sp³-hybridized carbons (Fsp3) is 0.400. The van der Waals surface area contributed by atoms with E-state index in [2.05, 4.69) is 47.1 Å². The summed E-state index contributed by atoms with van der Waals surface area (Å²) in [6.07, 6.45) is 2.99. The SMILES string of the molecule is CCOc1cccc(-c2nc(CN(CC)C3CCN(Cc4ccccc4)C3)co2)c1. The van der Waals surface area contributed by atoms with E-state index in [1.54, 1.807) is 6.26 Å². The maximum absolute atomic E-state index is 5.79. The van der Waals surface area contributed by atoms with Crippen molar-refractivity contribution < 1.29 is 9.15 Å². The molecule has 5 nitrogen and oxygen atoms in total. The summed E-state index contributed by atoms with van der Waals surface area (Å²) in [7, 11) is 0. The zero-order chi connectivity index (χ0) is 20.8. The second kappa shape index (κ2) is 9.92. The van der Waals surface area contributed by atoms with Crippen LogP contribution in [0.4, 0.5) is 0 Å². The first-order valence-corrected chi connectivity index (χ1v) is 10.9. The van der Waals surface area contributed by atoms with Gasteiger partial charge in [0.2, 0.25) is 5.89 Å². The maximum atomic E-state index is 5.79. The molecule has 0 amide bonds. The Balaban J connectivity index is 1.37. The predicted octanol–water partition coefficient (Wildman–Crippen LogP) is 4.84. The zero-order valence-corrected chi connectivity index (χ0v) is 18.0. The summed E-state index contributed by atoms with van der Waals surface area (Å²) < 4.78 is 11.4. The second-order valence-corrected chi connectivity index (χ2v) is 7.83. The summed E-state index contributed by atoms with van der Waals surface area (Å²) in [4.78, 5) is 9.82. The number of nitrogens with zero attached hydrogens (tertiary/aromatic N) is 3. The molecule has 0 aliphatic carbocycles. The lowest BCUT2D eigenvalue weighted by molar-refractivity contribution is 0.190. The van der Waals surface area contributed by atoms with Crippen molar-refractivity contribution in [3.05, 3.63) is 72.1 Å². The average molecular weight is 406 g/mol. The van der Waals surface area contributed by atoms with E-state index in [0.717, 1.165) is 49.7 Å². The van der Waals surface area contributed by atoms with Gasteiger partial charge in [-0.1, -0.05) is 43.3 Å². The Labute approximate surface area is 179 Å². The monoisotopic (exact) mass is 405 g/mol. The van der Waals surface area contributed by atoms with Crippen LogP contribution in [0.2, 0.25) is 0 Å². The molecule has 0 N–H and O–H groups in total. The van der Waals surface area contributed by atoms with Crippen LogP contribution in [-0.2, 0) is 13.1 Å². The molecule has 30 heavy (non-hydrogen) atoms. The fourth-order valence-electron chi connectivity index (χ4n) is 4.20. The van der Waals surface area contributed by atoms with Gasteiger partial charge in [-0.25, -0.2) is 4.98 Å². The highest BCUT2D eigenvalue weighted by Crippen LogP contribution is 2.25. The highest BCUT2D eigenvalue weighted by atomic mass is 16.5. The number of likely N-dealkylation sites (N-methyl/N-ethyl adjacent to an activating group) is 1. The Hall–Kier alpha value is -2.63. The van der Waals surface area contributed by atoms with Gasteiger partial charge in [-0.05, 0) is 43.7 Å². The molecule has 158 valence electrons. The quantitative estimate of drug-likeness (QED) is 0.510. The molecule has 1 aliphatic heterocycles. The number of hydrogen-bond donors (Lipinski definition) is 0. The fourth-order valence-corrected chi connectivity index (χ4v) is 4.20. The predicted molar refractivity (Wildman–Crippen MR) is 119 cm³/mol. The van der Waals surface area contributed by atoms with Gasteiger partial charge in [-0.15, -0.1) is 0 Å². The molecule has 0 saturated carbocycles. The molecule has 1 unspecified atom stereocenters. The van der Waals surface area contributed by atoms with Gasteiger partial charge in [0.05, 0.1) is 12.3 Å². The summed E-state index contributed by atoms with van der Waals surface area (Å²) in [5, 5.41) is 0. The molecule has 0 bridgehead atoms. The first kappa shape index (κ1) is 20.6. The highest BCUT2D eigenvalue weighted by Gasteiger charge is 2.27. The molecular weight excluding hydrogens is 374 g/mol. The third kappa shape index (κ3) is 5.10. The normalized spacial score (nSPS) is 17.0. The lowest BCUT2D eigenvalue weighted by Crippen LogP contribution is -2.37. The van der Waals surface area contributed by atoms with Crippen LogP contribution in [0.1, 0.15) is 31.5 Å². The van der Waals surface area contributed by atoms with E-state index in [1.807, 2.05) is 31.2 Å². The van der Waals surface area contributed by atoms with Crippen molar-refractivity contribution in [2.45, 2.75) is 39.4 Å². The molecule has 4 rings (SSSR count). The van der Waals surface area contributed by atoms with Crippen molar-refractivity contribution in [3.8, 4) is 17.2 Å². The summed E-state index contributed by atoms with van der Waals surface area (Å²) >= 11 is 0. The number of ether oxygens (including phenoxy) is 1. The molecular formula is C25H31N3O2. The van der Waals surface area contributed by atoms with E-state index < -0.39 is 0 Å². The third-order valence-corrected chi connectivity index (χ3v) is 5.73. The largest absolute Gasteiger partial charge is 0.494 e. The number of likely N-dealkylation sites (tertiary alicyclic amines) is 1. The second-order valence-electron chi connectivity index (χ2n) is 7.83. The van der Waals surface area contributed by atoms with E-state index in [4.69, 9.17) is 14.1 Å². The first-order chi connectivity index (χ1) is 14.7. The van der Waals surface area contributed by atoms with Crippen molar-refractivity contribution in [3.63, 3.8) is 0 Å². The van der Waals surface area contributed by atoms with Crippen molar-refractivity contribution in [2.75, 3.05) is 26.2 Å². The topological polar surface area (TPSA) is 41.7 Å². The average Bonchev–Trinajstić information content (AvgIpc) is 3.43. The molecule has 1 saturated heterocycles. The minimum atomic E-state index is 0.556. The molecule has 1 aliphatic rings. The first-order valence-electron chi connectivity index (χ1n) is 10.9. The maximum Gasteiger partial charge on any atom is 0.226 e. The molecule has 2 heterocycles. The minimum absolute atomic E-state index is 0.556. The standard InChI is InChI=1S/C25H31N3O2/c1-3-28(23-13-14-27(18-23)16-20-9-6-5-7-10-20)17-22-19-30-25(26-22)21-11-8-12-24(15-21)29-4-2/h5-12,15,19,23H,3-4,13-14,16-18H2,1-2H3. The molecule has 1 aromatic heterocycles. The van der Waals surface area contributed by atoms with Crippen molar-refractivity contribution in [1.82, 2.24) is 14.8 Å². The Bertz CT molecular complexity index is 925. The van der Waals surface area contributed by atoms with E-state index in [-0.39, 0.29) is 0 Å². The lowest BCUT2D eigenvalue weighted by Gasteiger charge is -2.27. The number of oxazole rings is 1. The highest BCUT2D eigenvalue weighted by molar-refractivity contribution is 5.56. The van der Waals surface area contributed by atoms with Crippen molar-refractivity contribution >= 4 is 0 Å². The Morgan fingerprint density at radius 2 is 2.00 bits per heavy atom. The van der Waals surface area contributed by atoms with Crippen LogP contribution < -0.4 is 4.74 Å². The molecule has 5 heteroatoms. The minimum Gasteiger partial charge on any atom is -0.494 e. The van der Waals surface area contributed by atoms with E-state index >= 15 is 0 Å². The van der Waals surface area contributed by atoms with E-state index in [9.17, 15) is 0 Å². The number of rotatable bonds is 9. The van der Waals surface area contributed by atoms with Gasteiger partial charge in [-0.2, -0.15) is 0 Å². The van der Waals surface area contributed by atoms with Crippen LogP contribution in [0.3, 0.4) is 0 Å². The van der Waals surface area contributed by atoms with E-state index in [0.29, 0.717) is 18.5 Å². The number of hydrogen-bond acceptors (Lipinski definition) is 5. The van der Waals surface area contributed by atoms with Crippen LogP contribution in [0, 0.1) is 0 Å². The van der Waals surface area contributed by atoms with Gasteiger partial charge in [0.15, 0.2) is 0 Å². The molecule has 3 aromatic rings.